The van der Waals surface area contributed by atoms with Gasteiger partial charge in [0.15, 0.2) is 0 Å². The molecule has 0 aromatic rings. The van der Waals surface area contributed by atoms with Gasteiger partial charge in [-0.05, 0) is 46.0 Å². The van der Waals surface area contributed by atoms with Crippen LogP contribution in [-0.2, 0) is 9.53 Å². The van der Waals surface area contributed by atoms with Crippen molar-refractivity contribution in [2.24, 2.45) is 0 Å². The van der Waals surface area contributed by atoms with Gasteiger partial charge in [0.1, 0.15) is 0 Å². The van der Waals surface area contributed by atoms with E-state index in [2.05, 4.69) is 24.5 Å². The largest absolute Gasteiger partial charge is 0.378 e. The van der Waals surface area contributed by atoms with Crippen molar-refractivity contribution < 1.29 is 9.53 Å². The van der Waals surface area contributed by atoms with Gasteiger partial charge in [0, 0.05) is 31.2 Å². The Morgan fingerprint density at radius 1 is 1.33 bits per heavy atom. The molecule has 18 heavy (non-hydrogen) atoms. The fraction of sp³-hybridized carbons (Fsp3) is 0.929. The number of rotatable bonds is 4. The average molecular weight is 254 g/mol. The Morgan fingerprint density at radius 2 is 2.17 bits per heavy atom. The Bertz CT molecular complexity index is 277. The third kappa shape index (κ3) is 3.95. The molecule has 0 aliphatic carbocycles. The minimum atomic E-state index is 0.179. The second-order valence-electron chi connectivity index (χ2n) is 5.78. The van der Waals surface area contributed by atoms with E-state index < -0.39 is 0 Å². The van der Waals surface area contributed by atoms with Crippen molar-refractivity contribution in [1.29, 1.82) is 0 Å². The van der Waals surface area contributed by atoms with E-state index in [1.807, 2.05) is 0 Å². The van der Waals surface area contributed by atoms with Crippen LogP contribution < -0.4 is 10.6 Å². The maximum Gasteiger partial charge on any atom is 0.220 e. The van der Waals surface area contributed by atoms with E-state index in [0.29, 0.717) is 24.6 Å². The number of ether oxygens (including phenoxy) is 1. The van der Waals surface area contributed by atoms with Crippen molar-refractivity contribution in [2.45, 2.75) is 76.6 Å². The number of piperidine rings is 1. The summed E-state index contributed by atoms with van der Waals surface area (Å²) in [5.74, 6) is 0.179. The van der Waals surface area contributed by atoms with Gasteiger partial charge in [-0.3, -0.25) is 4.79 Å². The molecule has 2 rings (SSSR count). The molecule has 0 aromatic heterocycles. The van der Waals surface area contributed by atoms with Crippen LogP contribution in [0.1, 0.15) is 52.4 Å². The zero-order valence-corrected chi connectivity index (χ0v) is 11.6. The Balaban J connectivity index is 1.66. The second kappa shape index (κ2) is 6.53. The summed E-state index contributed by atoms with van der Waals surface area (Å²) >= 11 is 0. The number of carbonyl (C=O) groups excluding carboxylic acids is 1. The topological polar surface area (TPSA) is 50.4 Å². The van der Waals surface area contributed by atoms with Gasteiger partial charge in [-0.15, -0.1) is 0 Å². The Labute approximate surface area is 110 Å². The number of hydrogen-bond acceptors (Lipinski definition) is 3. The van der Waals surface area contributed by atoms with Crippen LogP contribution in [0.2, 0.25) is 0 Å². The number of carbonyl (C=O) groups is 1. The summed E-state index contributed by atoms with van der Waals surface area (Å²) in [6.07, 6.45) is 6.28. The molecule has 4 nitrogen and oxygen atoms in total. The highest BCUT2D eigenvalue weighted by molar-refractivity contribution is 5.76. The first-order valence-corrected chi connectivity index (χ1v) is 7.32. The molecule has 4 heteroatoms. The average Bonchev–Trinajstić information content (AvgIpc) is 2.83. The molecule has 4 unspecified atom stereocenters. The SMILES string of the molecule is CC1CCC(NC(=O)CCC2CCCO2)C(C)N1. The van der Waals surface area contributed by atoms with Crippen molar-refractivity contribution in [3.05, 3.63) is 0 Å². The minimum Gasteiger partial charge on any atom is -0.378 e. The molecule has 1 amide bonds. The lowest BCUT2D eigenvalue weighted by atomic mass is 9.95. The molecule has 104 valence electrons. The van der Waals surface area contributed by atoms with Gasteiger partial charge in [-0.2, -0.15) is 0 Å². The molecule has 2 aliphatic rings. The predicted octanol–water partition coefficient (Wildman–Crippen LogP) is 1.59. The van der Waals surface area contributed by atoms with Gasteiger partial charge in [0.25, 0.3) is 0 Å². The molecule has 2 N–H and O–H groups in total. The van der Waals surface area contributed by atoms with E-state index >= 15 is 0 Å². The zero-order chi connectivity index (χ0) is 13.0. The van der Waals surface area contributed by atoms with Crippen molar-refractivity contribution in [1.82, 2.24) is 10.6 Å². The minimum absolute atomic E-state index is 0.179. The van der Waals surface area contributed by atoms with Gasteiger partial charge in [0.05, 0.1) is 6.10 Å². The molecule has 4 atom stereocenters. The first-order chi connectivity index (χ1) is 8.65. The first-order valence-electron chi connectivity index (χ1n) is 7.32. The van der Waals surface area contributed by atoms with Gasteiger partial charge in [-0.1, -0.05) is 0 Å². The van der Waals surface area contributed by atoms with Crippen molar-refractivity contribution >= 4 is 5.91 Å². The van der Waals surface area contributed by atoms with Gasteiger partial charge in [-0.25, -0.2) is 0 Å². The zero-order valence-electron chi connectivity index (χ0n) is 11.6. The molecule has 0 radical (unpaired) electrons. The third-order valence-corrected chi connectivity index (χ3v) is 4.13. The summed E-state index contributed by atoms with van der Waals surface area (Å²) in [5.41, 5.74) is 0. The molecule has 0 spiro atoms. The van der Waals surface area contributed by atoms with E-state index in [-0.39, 0.29) is 11.9 Å². The molecular formula is C14H26N2O2. The molecule has 2 heterocycles. The van der Waals surface area contributed by atoms with Crippen LogP contribution in [0.15, 0.2) is 0 Å². The Morgan fingerprint density at radius 3 is 2.83 bits per heavy atom. The molecular weight excluding hydrogens is 228 g/mol. The summed E-state index contributed by atoms with van der Waals surface area (Å²) in [6.45, 7) is 5.22. The van der Waals surface area contributed by atoms with Crippen LogP contribution in [-0.4, -0.2) is 36.7 Å². The standard InChI is InChI=1S/C14H26N2O2/c1-10-5-7-13(11(2)15-10)16-14(17)8-6-12-4-3-9-18-12/h10-13,15H,3-9H2,1-2H3,(H,16,17). The quantitative estimate of drug-likeness (QED) is 0.801. The predicted molar refractivity (Wildman–Crippen MR) is 71.4 cm³/mol. The van der Waals surface area contributed by atoms with E-state index in [4.69, 9.17) is 4.74 Å². The van der Waals surface area contributed by atoms with E-state index in [0.717, 1.165) is 38.7 Å². The Kier molecular flexibility index (Phi) is 5.01. The molecule has 2 saturated heterocycles. The summed E-state index contributed by atoms with van der Waals surface area (Å²) in [4.78, 5) is 11.9. The van der Waals surface area contributed by atoms with Crippen LogP contribution in [0.5, 0.6) is 0 Å². The lowest BCUT2D eigenvalue weighted by Crippen LogP contribution is -2.54. The summed E-state index contributed by atoms with van der Waals surface area (Å²) < 4.78 is 5.54. The maximum absolute atomic E-state index is 11.9. The molecule has 0 saturated carbocycles. The molecule has 0 aromatic carbocycles. The Hall–Kier alpha value is -0.610. The second-order valence-corrected chi connectivity index (χ2v) is 5.78. The van der Waals surface area contributed by atoms with E-state index in [1.54, 1.807) is 0 Å². The number of hydrogen-bond donors (Lipinski definition) is 2. The van der Waals surface area contributed by atoms with Gasteiger partial charge >= 0.3 is 0 Å². The molecule has 2 fully saturated rings. The highest BCUT2D eigenvalue weighted by atomic mass is 16.5. The molecule has 0 bridgehead atoms. The van der Waals surface area contributed by atoms with Crippen LogP contribution in [0.25, 0.3) is 0 Å². The number of nitrogens with one attached hydrogen (secondary N) is 2. The van der Waals surface area contributed by atoms with Crippen LogP contribution in [0.4, 0.5) is 0 Å². The summed E-state index contributed by atoms with van der Waals surface area (Å²) in [6, 6.07) is 1.23. The fourth-order valence-electron chi connectivity index (χ4n) is 2.97. The smallest absolute Gasteiger partial charge is 0.220 e. The fourth-order valence-corrected chi connectivity index (χ4v) is 2.97. The van der Waals surface area contributed by atoms with Crippen molar-refractivity contribution in [3.8, 4) is 0 Å². The summed E-state index contributed by atoms with van der Waals surface area (Å²) in [5, 5.41) is 6.65. The monoisotopic (exact) mass is 254 g/mol. The van der Waals surface area contributed by atoms with Crippen LogP contribution >= 0.6 is 0 Å². The van der Waals surface area contributed by atoms with Gasteiger partial charge < -0.3 is 15.4 Å². The highest BCUT2D eigenvalue weighted by Crippen LogP contribution is 2.17. The highest BCUT2D eigenvalue weighted by Gasteiger charge is 2.26. The van der Waals surface area contributed by atoms with Gasteiger partial charge in [0.2, 0.25) is 5.91 Å². The normalized spacial score (nSPS) is 36.6. The lowest BCUT2D eigenvalue weighted by Gasteiger charge is -2.34. The number of amides is 1. The first kappa shape index (κ1) is 13.8. The van der Waals surface area contributed by atoms with Crippen LogP contribution in [0.3, 0.4) is 0 Å². The van der Waals surface area contributed by atoms with E-state index in [1.165, 1.54) is 0 Å². The van der Waals surface area contributed by atoms with E-state index in [9.17, 15) is 4.79 Å². The molecule has 2 aliphatic heterocycles. The lowest BCUT2D eigenvalue weighted by molar-refractivity contribution is -0.122. The maximum atomic E-state index is 11.9. The van der Waals surface area contributed by atoms with Crippen molar-refractivity contribution in [2.75, 3.05) is 6.61 Å². The van der Waals surface area contributed by atoms with Crippen molar-refractivity contribution in [3.63, 3.8) is 0 Å². The third-order valence-electron chi connectivity index (χ3n) is 4.13. The van der Waals surface area contributed by atoms with Crippen LogP contribution in [0, 0.1) is 0 Å². The summed E-state index contributed by atoms with van der Waals surface area (Å²) in [7, 11) is 0.